The molecule has 0 aliphatic carbocycles. The summed E-state index contributed by atoms with van der Waals surface area (Å²) in [6.45, 7) is 11.6. The number of sulfonamides is 1. The Morgan fingerprint density at radius 2 is 1.63 bits per heavy atom. The number of ether oxygens (including phenoxy) is 1. The van der Waals surface area contributed by atoms with Gasteiger partial charge >= 0.3 is 0 Å². The molecule has 3 rings (SSSR count). The normalized spacial score (nSPS) is 19.2. The minimum Gasteiger partial charge on any atom is -0.497 e. The van der Waals surface area contributed by atoms with Crippen molar-refractivity contribution in [2.45, 2.75) is 76.8 Å². The highest BCUT2D eigenvalue weighted by atomic mass is 32.2. The summed E-state index contributed by atoms with van der Waals surface area (Å²) >= 11 is 0. The van der Waals surface area contributed by atoms with Crippen LogP contribution in [0.15, 0.2) is 17.0 Å². The molecule has 38 heavy (non-hydrogen) atoms. The molecule has 10 heteroatoms. The first-order valence-electron chi connectivity index (χ1n) is 13.6. The number of methoxy groups -OCH3 is 1. The Bertz CT molecular complexity index is 1030. The van der Waals surface area contributed by atoms with E-state index < -0.39 is 10.0 Å². The molecule has 0 bridgehead atoms. The van der Waals surface area contributed by atoms with Gasteiger partial charge in [0.2, 0.25) is 15.9 Å². The van der Waals surface area contributed by atoms with Gasteiger partial charge in [-0.1, -0.05) is 6.92 Å². The van der Waals surface area contributed by atoms with E-state index in [9.17, 15) is 18.0 Å². The predicted octanol–water partition coefficient (Wildman–Crippen LogP) is 2.93. The fraction of sp³-hybridized carbons (Fsp3) is 0.714. The molecule has 1 aromatic carbocycles. The van der Waals surface area contributed by atoms with Gasteiger partial charge in [0.25, 0.3) is 0 Å². The number of hydrogen-bond acceptors (Lipinski definition) is 7. The zero-order valence-corrected chi connectivity index (χ0v) is 25.4. The predicted molar refractivity (Wildman–Crippen MR) is 151 cm³/mol. The maximum atomic E-state index is 12.6. The second kappa shape index (κ2) is 14.4. The highest BCUT2D eigenvalue weighted by molar-refractivity contribution is 7.89. The molecule has 0 N–H and O–H groups in total. The summed E-state index contributed by atoms with van der Waals surface area (Å²) < 4.78 is 31.5. The van der Waals surface area contributed by atoms with E-state index in [-0.39, 0.29) is 23.1 Å². The zero-order valence-electron chi connectivity index (χ0n) is 24.6. The number of Topliss-reactive ketones (excluding diaryl/α,β-unsaturated/α-hetero) is 1. The molecule has 9 nitrogen and oxygen atoms in total. The highest BCUT2D eigenvalue weighted by Gasteiger charge is 2.32. The zero-order chi connectivity index (χ0) is 28.6. The van der Waals surface area contributed by atoms with E-state index >= 15 is 0 Å². The van der Waals surface area contributed by atoms with Crippen molar-refractivity contribution in [2.75, 3.05) is 61.0 Å². The minimum atomic E-state index is -3.68. The van der Waals surface area contributed by atoms with Crippen LogP contribution >= 0.6 is 0 Å². The summed E-state index contributed by atoms with van der Waals surface area (Å²) in [4.78, 5) is 30.2. The standard InChI is InChI=1S/C15H23NO4S.C13H25N3O/c1-6-7-13(17)10-16(4)21(18,19)15-11(2)8-14(20-5)9-12(15)3;1-11(17)15(3)13-6-9-16(10-13)12-4-7-14(2)8-5-12/h8-9H,6-7,10H2,1-5H3;12-13H,4-10H2,1-3H3/t;13-/m.1/s1. The minimum absolute atomic E-state index is 0.0765. The number of carbonyl (C=O) groups is 2. The van der Waals surface area contributed by atoms with Crippen molar-refractivity contribution in [3.05, 3.63) is 23.3 Å². The molecule has 0 unspecified atom stereocenters. The second-order valence-electron chi connectivity index (χ2n) is 10.7. The van der Waals surface area contributed by atoms with Crippen LogP contribution in [0.4, 0.5) is 0 Å². The van der Waals surface area contributed by atoms with Crippen LogP contribution in [0.3, 0.4) is 0 Å². The third-order valence-electron chi connectivity index (χ3n) is 7.71. The van der Waals surface area contributed by atoms with Gasteiger partial charge in [0, 0.05) is 52.6 Å². The van der Waals surface area contributed by atoms with E-state index in [0.717, 1.165) is 29.9 Å². The van der Waals surface area contributed by atoms with Gasteiger partial charge in [-0.2, -0.15) is 4.31 Å². The van der Waals surface area contributed by atoms with Gasteiger partial charge in [-0.25, -0.2) is 8.42 Å². The van der Waals surface area contributed by atoms with Gasteiger partial charge in [-0.3, -0.25) is 14.5 Å². The number of likely N-dealkylation sites (tertiary alicyclic amines) is 2. The van der Waals surface area contributed by atoms with Crippen LogP contribution in [0.1, 0.15) is 57.1 Å². The van der Waals surface area contributed by atoms with Gasteiger partial charge < -0.3 is 14.5 Å². The van der Waals surface area contributed by atoms with Crippen LogP contribution < -0.4 is 4.74 Å². The molecule has 0 aromatic heterocycles. The molecule has 2 saturated heterocycles. The van der Waals surface area contributed by atoms with E-state index in [1.807, 2.05) is 18.9 Å². The smallest absolute Gasteiger partial charge is 0.243 e. The van der Waals surface area contributed by atoms with Crippen molar-refractivity contribution in [2.24, 2.45) is 0 Å². The van der Waals surface area contributed by atoms with Crippen molar-refractivity contribution in [1.82, 2.24) is 19.0 Å². The maximum Gasteiger partial charge on any atom is 0.243 e. The van der Waals surface area contributed by atoms with Crippen molar-refractivity contribution in [3.8, 4) is 5.75 Å². The molecular weight excluding hydrogens is 504 g/mol. The largest absolute Gasteiger partial charge is 0.497 e. The summed E-state index contributed by atoms with van der Waals surface area (Å²) in [5.74, 6) is 0.737. The number of amides is 1. The van der Waals surface area contributed by atoms with Crippen molar-refractivity contribution >= 4 is 21.7 Å². The average molecular weight is 553 g/mol. The lowest BCUT2D eigenvalue weighted by atomic mass is 10.0. The van der Waals surface area contributed by atoms with Gasteiger partial charge in [0.05, 0.1) is 18.6 Å². The van der Waals surface area contributed by atoms with Crippen molar-refractivity contribution in [3.63, 3.8) is 0 Å². The molecule has 2 fully saturated rings. The Balaban J connectivity index is 0.000000272. The lowest BCUT2D eigenvalue weighted by Crippen LogP contribution is -2.44. The first-order chi connectivity index (χ1) is 17.8. The van der Waals surface area contributed by atoms with Crippen LogP contribution in [0.25, 0.3) is 0 Å². The SMILES string of the molecule is CC(=O)N(C)[C@@H]1CCN(C2CCN(C)CC2)C1.CCCC(=O)CN(C)S(=O)(=O)c1c(C)cc(OC)cc1C. The molecule has 0 radical (unpaired) electrons. The average Bonchev–Trinajstić information content (AvgIpc) is 3.34. The van der Waals surface area contributed by atoms with Crippen LogP contribution in [0.5, 0.6) is 5.75 Å². The van der Waals surface area contributed by atoms with E-state index in [4.69, 9.17) is 4.74 Å². The number of hydrogen-bond donors (Lipinski definition) is 0. The third-order valence-corrected chi connectivity index (χ3v) is 9.82. The lowest BCUT2D eigenvalue weighted by Gasteiger charge is -2.35. The van der Waals surface area contributed by atoms with Crippen LogP contribution in [-0.2, 0) is 19.6 Å². The Morgan fingerprint density at radius 1 is 1.05 bits per heavy atom. The Morgan fingerprint density at radius 3 is 2.13 bits per heavy atom. The first kappa shape index (κ1) is 32.2. The van der Waals surface area contributed by atoms with Crippen molar-refractivity contribution in [1.29, 1.82) is 0 Å². The Kier molecular flexibility index (Phi) is 12.2. The molecule has 1 amide bonds. The molecule has 0 spiro atoms. The fourth-order valence-corrected chi connectivity index (χ4v) is 6.87. The van der Waals surface area contributed by atoms with Crippen LogP contribution in [-0.4, -0.2) is 112 Å². The highest BCUT2D eigenvalue weighted by Crippen LogP contribution is 2.28. The van der Waals surface area contributed by atoms with Crippen molar-refractivity contribution < 1.29 is 22.7 Å². The maximum absolute atomic E-state index is 12.6. The topological polar surface area (TPSA) is 90.5 Å². The Labute approximate surface area is 230 Å². The molecule has 1 atom stereocenters. The number of piperidine rings is 1. The lowest BCUT2D eigenvalue weighted by molar-refractivity contribution is -0.129. The number of carbonyl (C=O) groups excluding carboxylic acids is 2. The molecule has 216 valence electrons. The van der Waals surface area contributed by atoms with E-state index in [1.165, 1.54) is 40.1 Å². The molecule has 2 aliphatic rings. The molecule has 0 saturated carbocycles. The Hall–Kier alpha value is -2.01. The molecule has 1 aromatic rings. The molecule has 2 aliphatic heterocycles. The summed E-state index contributed by atoms with van der Waals surface area (Å²) in [6, 6.07) is 4.55. The van der Waals surface area contributed by atoms with Crippen LogP contribution in [0, 0.1) is 13.8 Å². The number of aryl methyl sites for hydroxylation is 2. The number of benzene rings is 1. The monoisotopic (exact) mass is 552 g/mol. The van der Waals surface area contributed by atoms with E-state index in [0.29, 0.717) is 35.8 Å². The molecular formula is C28H48N4O5S. The van der Waals surface area contributed by atoms with E-state index in [2.05, 4.69) is 16.8 Å². The van der Waals surface area contributed by atoms with E-state index in [1.54, 1.807) is 32.9 Å². The van der Waals surface area contributed by atoms with Gasteiger partial charge in [-0.15, -0.1) is 0 Å². The number of likely N-dealkylation sites (N-methyl/N-ethyl adjacent to an activating group) is 2. The number of nitrogens with zero attached hydrogens (tertiary/aromatic N) is 4. The summed E-state index contributed by atoms with van der Waals surface area (Å²) in [5.41, 5.74) is 1.23. The quantitative estimate of drug-likeness (QED) is 0.465. The summed E-state index contributed by atoms with van der Waals surface area (Å²) in [5, 5.41) is 0. The first-order valence-corrected chi connectivity index (χ1v) is 15.0. The number of rotatable bonds is 9. The van der Waals surface area contributed by atoms with Crippen LogP contribution in [0.2, 0.25) is 0 Å². The van der Waals surface area contributed by atoms with Gasteiger partial charge in [0.1, 0.15) is 11.5 Å². The van der Waals surface area contributed by atoms with Gasteiger partial charge in [-0.05, 0) is 82.9 Å². The third kappa shape index (κ3) is 8.49. The molecule has 2 heterocycles. The summed E-state index contributed by atoms with van der Waals surface area (Å²) in [6.07, 6.45) is 4.82. The summed E-state index contributed by atoms with van der Waals surface area (Å²) in [7, 11) is 3.43. The van der Waals surface area contributed by atoms with Gasteiger partial charge in [0.15, 0.2) is 0 Å². The number of ketones is 1. The second-order valence-corrected chi connectivity index (χ2v) is 12.7. The fourth-order valence-electron chi connectivity index (χ4n) is 5.32.